The van der Waals surface area contributed by atoms with Gasteiger partial charge in [-0.3, -0.25) is 4.99 Å². The third kappa shape index (κ3) is 1.87. The summed E-state index contributed by atoms with van der Waals surface area (Å²) < 4.78 is 5.26. The number of aromatic amines is 1. The Morgan fingerprint density at radius 3 is 3.00 bits per heavy atom. The zero-order valence-electron chi connectivity index (χ0n) is 9.77. The van der Waals surface area contributed by atoms with Crippen LogP contribution in [0, 0.1) is 0 Å². The Balaban J connectivity index is 2.67. The zero-order chi connectivity index (χ0) is 12.3. The molecule has 88 valence electrons. The molecule has 1 aromatic heterocycles. The van der Waals surface area contributed by atoms with Gasteiger partial charge < -0.3 is 15.5 Å². The largest absolute Gasteiger partial charge is 0.494 e. The van der Waals surface area contributed by atoms with Crippen molar-refractivity contribution in [2.75, 3.05) is 14.2 Å². The lowest BCUT2D eigenvalue weighted by Crippen LogP contribution is -1.94. The van der Waals surface area contributed by atoms with Gasteiger partial charge in [0.1, 0.15) is 11.3 Å². The van der Waals surface area contributed by atoms with Crippen LogP contribution < -0.4 is 10.5 Å². The second-order valence-corrected chi connectivity index (χ2v) is 3.45. The number of rotatable bonds is 3. The minimum absolute atomic E-state index is 0.756. The van der Waals surface area contributed by atoms with Crippen LogP contribution >= 0.6 is 0 Å². The zero-order valence-corrected chi connectivity index (χ0v) is 9.77. The molecule has 0 spiro atoms. The highest BCUT2D eigenvalue weighted by atomic mass is 16.5. The Morgan fingerprint density at radius 2 is 2.35 bits per heavy atom. The fourth-order valence-corrected chi connectivity index (χ4v) is 1.75. The number of hydrogen-bond acceptors (Lipinski definition) is 4. The predicted molar refractivity (Wildman–Crippen MR) is 69.2 cm³/mol. The molecule has 0 fully saturated rings. The first kappa shape index (κ1) is 11.2. The summed E-state index contributed by atoms with van der Waals surface area (Å²) in [5, 5.41) is 0. The van der Waals surface area contributed by atoms with E-state index in [1.807, 2.05) is 12.1 Å². The van der Waals surface area contributed by atoms with Crippen molar-refractivity contribution in [3.63, 3.8) is 0 Å². The number of hydrogen-bond donors (Lipinski definition) is 2. The molecule has 17 heavy (non-hydrogen) atoms. The van der Waals surface area contributed by atoms with E-state index in [-0.39, 0.29) is 0 Å². The van der Waals surface area contributed by atoms with Crippen LogP contribution in [-0.2, 0) is 0 Å². The number of nitrogens with zero attached hydrogens (tertiary/aromatic N) is 2. The Bertz CT molecular complexity index is 583. The molecule has 0 aliphatic heterocycles. The van der Waals surface area contributed by atoms with Crippen molar-refractivity contribution in [2.45, 2.75) is 0 Å². The minimum Gasteiger partial charge on any atom is -0.494 e. The molecule has 5 heteroatoms. The molecule has 0 aliphatic carbocycles. The molecule has 0 saturated heterocycles. The van der Waals surface area contributed by atoms with Crippen LogP contribution in [0.3, 0.4) is 0 Å². The molecule has 1 aromatic carbocycles. The van der Waals surface area contributed by atoms with Crippen LogP contribution in [0.1, 0.15) is 5.56 Å². The Hall–Kier alpha value is -2.30. The number of ether oxygens (including phenoxy) is 1. The van der Waals surface area contributed by atoms with Crippen molar-refractivity contribution in [1.29, 1.82) is 0 Å². The standard InChI is InChI=1S/C12H14N4O/c1-14-6-8(5-13)9-3-4-10(17-2)12-11(9)15-7-16-12/h3-7H,13H2,1-2H3,(H,15,16). The van der Waals surface area contributed by atoms with Gasteiger partial charge >= 0.3 is 0 Å². The lowest BCUT2D eigenvalue weighted by molar-refractivity contribution is 0.419. The van der Waals surface area contributed by atoms with Gasteiger partial charge in [0.05, 0.1) is 19.0 Å². The first-order chi connectivity index (χ1) is 8.31. The van der Waals surface area contributed by atoms with Gasteiger partial charge in [-0.25, -0.2) is 4.98 Å². The third-order valence-corrected chi connectivity index (χ3v) is 2.52. The molecule has 0 atom stereocenters. The molecule has 0 bridgehead atoms. The molecule has 3 N–H and O–H groups in total. The minimum atomic E-state index is 0.756. The summed E-state index contributed by atoms with van der Waals surface area (Å²) in [4.78, 5) is 11.3. The highest BCUT2D eigenvalue weighted by Gasteiger charge is 2.10. The molecular formula is C12H14N4O. The van der Waals surface area contributed by atoms with Gasteiger partial charge in [-0.05, 0) is 12.1 Å². The van der Waals surface area contributed by atoms with Crippen molar-refractivity contribution in [2.24, 2.45) is 10.7 Å². The van der Waals surface area contributed by atoms with Crippen molar-refractivity contribution in [3.05, 3.63) is 30.2 Å². The first-order valence-electron chi connectivity index (χ1n) is 5.16. The number of H-pyrrole nitrogens is 1. The van der Waals surface area contributed by atoms with E-state index in [1.165, 1.54) is 6.20 Å². The maximum Gasteiger partial charge on any atom is 0.144 e. The molecule has 2 rings (SSSR count). The maximum absolute atomic E-state index is 5.60. The summed E-state index contributed by atoms with van der Waals surface area (Å²) in [5.74, 6) is 0.756. The van der Waals surface area contributed by atoms with E-state index in [0.29, 0.717) is 0 Å². The average Bonchev–Trinajstić information content (AvgIpc) is 2.84. The van der Waals surface area contributed by atoms with E-state index in [1.54, 1.807) is 26.7 Å². The average molecular weight is 230 g/mol. The number of nitrogens with two attached hydrogens (primary N) is 1. The number of imidazole rings is 1. The fourth-order valence-electron chi connectivity index (χ4n) is 1.75. The Kier molecular flexibility index (Phi) is 3.09. The highest BCUT2D eigenvalue weighted by Crippen LogP contribution is 2.28. The van der Waals surface area contributed by atoms with Crippen LogP contribution in [0.25, 0.3) is 16.6 Å². The SMILES string of the molecule is CN=CC(=CN)c1ccc(OC)c2[nH]cnc12. The van der Waals surface area contributed by atoms with E-state index in [4.69, 9.17) is 10.5 Å². The molecule has 0 radical (unpaired) electrons. The summed E-state index contributed by atoms with van der Waals surface area (Å²) in [5.41, 5.74) is 9.03. The van der Waals surface area contributed by atoms with Crippen LogP contribution in [-0.4, -0.2) is 30.3 Å². The molecule has 2 aromatic rings. The van der Waals surface area contributed by atoms with Gasteiger partial charge in [0.15, 0.2) is 0 Å². The summed E-state index contributed by atoms with van der Waals surface area (Å²) in [6.07, 6.45) is 4.85. The van der Waals surface area contributed by atoms with Crippen LogP contribution in [0.5, 0.6) is 5.75 Å². The number of benzene rings is 1. The lowest BCUT2D eigenvalue weighted by Gasteiger charge is -2.06. The first-order valence-corrected chi connectivity index (χ1v) is 5.16. The second kappa shape index (κ2) is 4.69. The summed E-state index contributed by atoms with van der Waals surface area (Å²) in [6.45, 7) is 0. The summed E-state index contributed by atoms with van der Waals surface area (Å²) in [7, 11) is 3.33. The molecule has 1 heterocycles. The molecule has 0 unspecified atom stereocenters. The number of nitrogens with one attached hydrogen (secondary N) is 1. The number of aromatic nitrogens is 2. The van der Waals surface area contributed by atoms with Gasteiger partial charge in [0, 0.05) is 30.6 Å². The fraction of sp³-hybridized carbons (Fsp3) is 0.167. The normalized spacial score (nSPS) is 12.5. The number of allylic oxidation sites excluding steroid dienone is 1. The number of fused-ring (bicyclic) bond motifs is 1. The lowest BCUT2D eigenvalue weighted by atomic mass is 10.1. The molecular weight excluding hydrogens is 216 g/mol. The molecule has 0 saturated carbocycles. The van der Waals surface area contributed by atoms with E-state index >= 15 is 0 Å². The van der Waals surface area contributed by atoms with Gasteiger partial charge in [-0.2, -0.15) is 0 Å². The van der Waals surface area contributed by atoms with Gasteiger partial charge in [-0.1, -0.05) is 0 Å². The van der Waals surface area contributed by atoms with Crippen molar-refractivity contribution in [3.8, 4) is 5.75 Å². The predicted octanol–water partition coefficient (Wildman–Crippen LogP) is 1.57. The molecule has 5 nitrogen and oxygen atoms in total. The monoisotopic (exact) mass is 230 g/mol. The quantitative estimate of drug-likeness (QED) is 0.786. The van der Waals surface area contributed by atoms with Crippen LogP contribution in [0.4, 0.5) is 0 Å². The van der Waals surface area contributed by atoms with Gasteiger partial charge in [0.2, 0.25) is 0 Å². The van der Waals surface area contributed by atoms with Crippen molar-refractivity contribution < 1.29 is 4.74 Å². The third-order valence-electron chi connectivity index (χ3n) is 2.52. The Morgan fingerprint density at radius 1 is 1.53 bits per heavy atom. The van der Waals surface area contributed by atoms with Crippen molar-refractivity contribution in [1.82, 2.24) is 9.97 Å². The molecule has 0 amide bonds. The van der Waals surface area contributed by atoms with Crippen molar-refractivity contribution >= 4 is 22.8 Å². The number of aliphatic imine (C=N–C) groups is 1. The van der Waals surface area contributed by atoms with Crippen LogP contribution in [0.15, 0.2) is 29.7 Å². The summed E-state index contributed by atoms with van der Waals surface area (Å²) >= 11 is 0. The second-order valence-electron chi connectivity index (χ2n) is 3.45. The van der Waals surface area contributed by atoms with Crippen LogP contribution in [0.2, 0.25) is 0 Å². The van der Waals surface area contributed by atoms with E-state index in [0.717, 1.165) is 27.9 Å². The van der Waals surface area contributed by atoms with Gasteiger partial charge in [0.25, 0.3) is 0 Å². The van der Waals surface area contributed by atoms with E-state index < -0.39 is 0 Å². The topological polar surface area (TPSA) is 76.3 Å². The maximum atomic E-state index is 5.60. The summed E-state index contributed by atoms with van der Waals surface area (Å²) in [6, 6.07) is 3.80. The van der Waals surface area contributed by atoms with Gasteiger partial charge in [-0.15, -0.1) is 0 Å². The molecule has 0 aliphatic rings. The highest BCUT2D eigenvalue weighted by molar-refractivity contribution is 6.14. The van der Waals surface area contributed by atoms with E-state index in [9.17, 15) is 0 Å². The van der Waals surface area contributed by atoms with E-state index in [2.05, 4.69) is 15.0 Å². The number of methoxy groups -OCH3 is 1. The smallest absolute Gasteiger partial charge is 0.144 e. The Labute approximate surface area is 99.0 Å².